The molecule has 2 nitrogen and oxygen atoms in total. The Bertz CT molecular complexity index is 481. The Morgan fingerprint density at radius 3 is 1.35 bits per heavy atom. The lowest BCUT2D eigenvalue weighted by Gasteiger charge is -2.36. The molecular weight excluding hydrogens is 248 g/mol. The second-order valence-corrected chi connectivity index (χ2v) is 5.61. The summed E-state index contributed by atoms with van der Waals surface area (Å²) in [5, 5.41) is 20.7. The third-order valence-electron chi connectivity index (χ3n) is 4.77. The molecule has 2 unspecified atom stereocenters. The van der Waals surface area contributed by atoms with Crippen molar-refractivity contribution < 1.29 is 10.2 Å². The van der Waals surface area contributed by atoms with Crippen LogP contribution in [0, 0.1) is 0 Å². The molecule has 0 amide bonds. The number of allylic oxidation sites excluding steroid dienone is 2. The maximum Gasteiger partial charge on any atom is 0.119 e. The summed E-state index contributed by atoms with van der Waals surface area (Å²) in [4.78, 5) is 0. The van der Waals surface area contributed by atoms with E-state index in [4.69, 9.17) is 0 Å². The van der Waals surface area contributed by atoms with Crippen LogP contribution in [0.15, 0.2) is 23.3 Å². The van der Waals surface area contributed by atoms with Gasteiger partial charge in [0.25, 0.3) is 0 Å². The van der Waals surface area contributed by atoms with Gasteiger partial charge in [0.2, 0.25) is 0 Å². The number of phenols is 2. The van der Waals surface area contributed by atoms with Crippen molar-refractivity contribution in [2.45, 2.75) is 65.2 Å². The lowest BCUT2D eigenvalue weighted by Crippen LogP contribution is -2.19. The smallest absolute Gasteiger partial charge is 0.119 e. The highest BCUT2D eigenvalue weighted by molar-refractivity contribution is 5.59. The molecule has 0 radical (unpaired) electrons. The molecule has 0 bridgehead atoms. The quantitative estimate of drug-likeness (QED) is 0.584. The largest absolute Gasteiger partial charge is 0.508 e. The number of hydrogen-bond acceptors (Lipinski definition) is 2. The molecule has 0 aliphatic heterocycles. The minimum Gasteiger partial charge on any atom is -0.508 e. The summed E-state index contributed by atoms with van der Waals surface area (Å²) in [5.41, 5.74) is 4.87. The fourth-order valence-corrected chi connectivity index (χ4v) is 3.99. The highest BCUT2D eigenvalue weighted by atomic mass is 16.3. The summed E-state index contributed by atoms with van der Waals surface area (Å²) < 4.78 is 0. The third kappa shape index (κ3) is 2.11. The standard InChI is InChI=1S/C18H26O2/c1-5-11-12(6-2)14(8-4)18-16(20)10-9-15(19)17(18)13(11)7-3/h9-10,13-14,19-20H,5-8H2,1-4H3. The number of benzene rings is 1. The minimum absolute atomic E-state index is 0.250. The molecule has 110 valence electrons. The first-order chi connectivity index (χ1) is 9.60. The Labute approximate surface area is 122 Å². The van der Waals surface area contributed by atoms with E-state index in [1.165, 1.54) is 11.1 Å². The zero-order valence-electron chi connectivity index (χ0n) is 13.0. The van der Waals surface area contributed by atoms with Crippen molar-refractivity contribution in [1.29, 1.82) is 0 Å². The highest BCUT2D eigenvalue weighted by Crippen LogP contribution is 2.53. The fraction of sp³-hybridized carbons (Fsp3) is 0.556. The molecule has 1 aromatic rings. The number of phenolic OH excluding ortho intramolecular Hbond substituents is 2. The van der Waals surface area contributed by atoms with Gasteiger partial charge in [0.15, 0.2) is 0 Å². The minimum atomic E-state index is 0.250. The van der Waals surface area contributed by atoms with Crippen LogP contribution in [0.5, 0.6) is 11.5 Å². The molecule has 0 spiro atoms. The predicted octanol–water partition coefficient (Wildman–Crippen LogP) is 5.22. The van der Waals surface area contributed by atoms with Gasteiger partial charge in [0, 0.05) is 23.0 Å². The van der Waals surface area contributed by atoms with Crippen LogP contribution in [-0.4, -0.2) is 10.2 Å². The normalized spacial score (nSPS) is 22.0. The molecule has 0 saturated carbocycles. The zero-order chi connectivity index (χ0) is 14.9. The van der Waals surface area contributed by atoms with Crippen LogP contribution in [-0.2, 0) is 0 Å². The molecule has 1 aliphatic rings. The van der Waals surface area contributed by atoms with Gasteiger partial charge in [-0.3, -0.25) is 0 Å². The summed E-state index contributed by atoms with van der Waals surface area (Å²) in [6.07, 6.45) is 3.97. The van der Waals surface area contributed by atoms with E-state index in [1.807, 2.05) is 0 Å². The van der Waals surface area contributed by atoms with Crippen molar-refractivity contribution in [1.82, 2.24) is 0 Å². The number of aromatic hydroxyl groups is 2. The summed E-state index contributed by atoms with van der Waals surface area (Å²) in [6.45, 7) is 8.72. The van der Waals surface area contributed by atoms with Gasteiger partial charge in [-0.1, -0.05) is 38.8 Å². The third-order valence-corrected chi connectivity index (χ3v) is 4.77. The molecule has 0 saturated heterocycles. The predicted molar refractivity (Wildman–Crippen MR) is 83.4 cm³/mol. The first-order valence-corrected chi connectivity index (χ1v) is 7.86. The summed E-state index contributed by atoms with van der Waals surface area (Å²) >= 11 is 0. The van der Waals surface area contributed by atoms with Gasteiger partial charge in [-0.25, -0.2) is 0 Å². The lowest BCUT2D eigenvalue weighted by molar-refractivity contribution is 0.432. The number of fused-ring (bicyclic) bond motifs is 1. The van der Waals surface area contributed by atoms with Crippen LogP contribution in [0.3, 0.4) is 0 Å². The van der Waals surface area contributed by atoms with E-state index in [1.54, 1.807) is 12.1 Å². The Morgan fingerprint density at radius 1 is 0.750 bits per heavy atom. The van der Waals surface area contributed by atoms with Gasteiger partial charge in [-0.2, -0.15) is 0 Å². The van der Waals surface area contributed by atoms with Gasteiger partial charge in [0.05, 0.1) is 0 Å². The van der Waals surface area contributed by atoms with Crippen molar-refractivity contribution in [3.63, 3.8) is 0 Å². The van der Waals surface area contributed by atoms with Gasteiger partial charge in [-0.05, 0) is 37.8 Å². The number of hydrogen-bond donors (Lipinski definition) is 2. The zero-order valence-corrected chi connectivity index (χ0v) is 13.0. The van der Waals surface area contributed by atoms with Crippen LogP contribution in [0.4, 0.5) is 0 Å². The van der Waals surface area contributed by atoms with Crippen molar-refractivity contribution in [3.8, 4) is 11.5 Å². The molecule has 20 heavy (non-hydrogen) atoms. The van der Waals surface area contributed by atoms with Gasteiger partial charge in [-0.15, -0.1) is 0 Å². The first-order valence-electron chi connectivity index (χ1n) is 7.86. The molecule has 0 aromatic heterocycles. The van der Waals surface area contributed by atoms with E-state index in [0.717, 1.165) is 36.8 Å². The van der Waals surface area contributed by atoms with Crippen molar-refractivity contribution in [2.24, 2.45) is 0 Å². The van der Waals surface area contributed by atoms with Crippen molar-refractivity contribution >= 4 is 0 Å². The topological polar surface area (TPSA) is 40.5 Å². The van der Waals surface area contributed by atoms with Gasteiger partial charge in [0.1, 0.15) is 11.5 Å². The van der Waals surface area contributed by atoms with Gasteiger partial charge < -0.3 is 10.2 Å². The summed E-state index contributed by atoms with van der Waals surface area (Å²) in [6, 6.07) is 3.27. The van der Waals surface area contributed by atoms with E-state index in [-0.39, 0.29) is 11.8 Å². The Balaban J connectivity index is 2.76. The molecule has 2 atom stereocenters. The van der Waals surface area contributed by atoms with E-state index >= 15 is 0 Å². The number of rotatable bonds is 4. The maximum absolute atomic E-state index is 10.3. The Morgan fingerprint density at radius 2 is 1.10 bits per heavy atom. The molecular formula is C18H26O2. The summed E-state index contributed by atoms with van der Waals surface area (Å²) in [7, 11) is 0. The maximum atomic E-state index is 10.3. The molecule has 2 N–H and O–H groups in total. The van der Waals surface area contributed by atoms with Crippen molar-refractivity contribution in [3.05, 3.63) is 34.4 Å². The molecule has 1 aliphatic carbocycles. The Hall–Kier alpha value is -1.44. The monoisotopic (exact) mass is 274 g/mol. The van der Waals surface area contributed by atoms with Gasteiger partial charge >= 0.3 is 0 Å². The lowest BCUT2D eigenvalue weighted by atomic mass is 9.68. The average molecular weight is 274 g/mol. The molecule has 0 fully saturated rings. The average Bonchev–Trinajstić information content (AvgIpc) is 2.47. The molecule has 2 rings (SSSR count). The highest BCUT2D eigenvalue weighted by Gasteiger charge is 2.34. The van der Waals surface area contributed by atoms with E-state index in [0.29, 0.717) is 11.5 Å². The Kier molecular flexibility index (Phi) is 4.42. The van der Waals surface area contributed by atoms with Crippen LogP contribution in [0.1, 0.15) is 76.3 Å². The van der Waals surface area contributed by atoms with Crippen LogP contribution < -0.4 is 0 Å². The van der Waals surface area contributed by atoms with E-state index in [9.17, 15) is 10.2 Å². The van der Waals surface area contributed by atoms with E-state index in [2.05, 4.69) is 27.7 Å². The van der Waals surface area contributed by atoms with Crippen LogP contribution in [0.25, 0.3) is 0 Å². The second kappa shape index (κ2) is 5.90. The van der Waals surface area contributed by atoms with E-state index < -0.39 is 0 Å². The summed E-state index contributed by atoms with van der Waals surface area (Å²) in [5.74, 6) is 1.17. The fourth-order valence-electron chi connectivity index (χ4n) is 3.99. The molecule has 1 aromatic carbocycles. The van der Waals surface area contributed by atoms with Crippen molar-refractivity contribution in [2.75, 3.05) is 0 Å². The first kappa shape index (κ1) is 15.0. The van der Waals surface area contributed by atoms with Crippen LogP contribution >= 0.6 is 0 Å². The molecule has 2 heteroatoms. The van der Waals surface area contributed by atoms with Crippen LogP contribution in [0.2, 0.25) is 0 Å². The SMILES string of the molecule is CCC1=C(CC)C(CC)c2c(O)ccc(O)c2C1CC. The molecule has 0 heterocycles. The second-order valence-electron chi connectivity index (χ2n) is 5.61.